The first kappa shape index (κ1) is 27.4. The number of nitrogens with one attached hydrogen (secondary N) is 2. The van der Waals surface area contributed by atoms with Crippen LogP contribution in [0.4, 0.5) is 5.82 Å². The number of hydrogen-bond donors (Lipinski definition) is 2. The van der Waals surface area contributed by atoms with E-state index in [0.717, 1.165) is 36.9 Å². The molecule has 2 N–H and O–H groups in total. The number of halogens is 2. The van der Waals surface area contributed by atoms with Crippen molar-refractivity contribution in [3.63, 3.8) is 0 Å². The maximum Gasteiger partial charge on any atom is 0.277 e. The highest BCUT2D eigenvalue weighted by atomic mass is 35.5. The largest absolute Gasteiger partial charge is 0.355 e. The normalized spacial score (nSPS) is 17.5. The van der Waals surface area contributed by atoms with Gasteiger partial charge in [0.15, 0.2) is 17.0 Å². The molecule has 2 aromatic carbocycles. The summed E-state index contributed by atoms with van der Waals surface area (Å²) in [6, 6.07) is 15.0. The van der Waals surface area contributed by atoms with Crippen molar-refractivity contribution in [1.82, 2.24) is 29.0 Å². The number of fused-ring (bicyclic) bond motifs is 1. The molecule has 2 fully saturated rings. The monoisotopic (exact) mass is 599 g/mol. The molecule has 3 heterocycles. The molecule has 4 aromatic rings. The van der Waals surface area contributed by atoms with Crippen LogP contribution in [-0.2, 0) is 10.2 Å². The van der Waals surface area contributed by atoms with Gasteiger partial charge in [0.2, 0.25) is 0 Å². The van der Waals surface area contributed by atoms with Gasteiger partial charge in [-0.2, -0.15) is 17.9 Å². The van der Waals surface area contributed by atoms with E-state index in [0.29, 0.717) is 58.8 Å². The third-order valence-electron chi connectivity index (χ3n) is 7.67. The molecule has 2 aliphatic rings. The lowest BCUT2D eigenvalue weighted by Crippen LogP contribution is -2.50. The van der Waals surface area contributed by atoms with Crippen molar-refractivity contribution in [3.8, 4) is 17.1 Å². The molecule has 0 amide bonds. The standard InChI is InChI=1S/C28H31Cl2N7O2S/c29-19-10-12-22(13-11-19)37-26(23-8-4-5-9-24(23)30)33-25-27(31-18-32-28(25)37)36-16-14-21(15-17-36)35-40(38,39)34-20-6-2-1-3-7-20/h4-5,8-13,18,20-21,34-35H,1-3,6-7,14-17H2. The zero-order valence-electron chi connectivity index (χ0n) is 21.9. The maximum atomic E-state index is 12.8. The molecule has 2 aromatic heterocycles. The summed E-state index contributed by atoms with van der Waals surface area (Å²) in [6.45, 7) is 1.27. The quantitative estimate of drug-likeness (QED) is 0.290. The second kappa shape index (κ2) is 11.6. The lowest BCUT2D eigenvalue weighted by Gasteiger charge is -2.33. The summed E-state index contributed by atoms with van der Waals surface area (Å²) in [5.41, 5.74) is 2.94. The Morgan fingerprint density at radius 1 is 0.825 bits per heavy atom. The predicted molar refractivity (Wildman–Crippen MR) is 159 cm³/mol. The van der Waals surface area contributed by atoms with Crippen molar-refractivity contribution in [3.05, 3.63) is 64.9 Å². The molecule has 0 bridgehead atoms. The van der Waals surface area contributed by atoms with Gasteiger partial charge >= 0.3 is 0 Å². The summed E-state index contributed by atoms with van der Waals surface area (Å²) >= 11 is 12.8. The van der Waals surface area contributed by atoms with Gasteiger partial charge in [0, 0.05) is 41.4 Å². The van der Waals surface area contributed by atoms with E-state index in [4.69, 9.17) is 28.2 Å². The Balaban J connectivity index is 1.27. The third kappa shape index (κ3) is 5.82. The first-order chi connectivity index (χ1) is 19.4. The molecule has 6 rings (SSSR count). The fourth-order valence-corrected chi connectivity index (χ4v) is 7.44. The first-order valence-electron chi connectivity index (χ1n) is 13.7. The average Bonchev–Trinajstić information content (AvgIpc) is 3.34. The van der Waals surface area contributed by atoms with Crippen molar-refractivity contribution in [2.75, 3.05) is 18.0 Å². The van der Waals surface area contributed by atoms with Crippen molar-refractivity contribution in [2.24, 2.45) is 0 Å². The number of imidazole rings is 1. The number of rotatable bonds is 7. The zero-order valence-corrected chi connectivity index (χ0v) is 24.3. The van der Waals surface area contributed by atoms with Crippen LogP contribution < -0.4 is 14.3 Å². The molecule has 9 nitrogen and oxygen atoms in total. The van der Waals surface area contributed by atoms with Crippen LogP contribution in [0.1, 0.15) is 44.9 Å². The molecule has 40 heavy (non-hydrogen) atoms. The SMILES string of the molecule is O=S(=O)(NC1CCCCC1)NC1CCN(c2ncnc3c2nc(-c2ccccc2Cl)n3-c2ccc(Cl)cc2)CC1. The summed E-state index contributed by atoms with van der Waals surface area (Å²) in [5, 5.41) is 1.22. The van der Waals surface area contributed by atoms with E-state index in [1.807, 2.05) is 53.1 Å². The Morgan fingerprint density at radius 3 is 2.20 bits per heavy atom. The van der Waals surface area contributed by atoms with Gasteiger partial charge in [-0.1, -0.05) is 54.6 Å². The van der Waals surface area contributed by atoms with E-state index in [1.54, 1.807) is 6.33 Å². The van der Waals surface area contributed by atoms with Gasteiger partial charge < -0.3 is 4.90 Å². The van der Waals surface area contributed by atoms with Gasteiger partial charge in [0.1, 0.15) is 12.2 Å². The zero-order chi connectivity index (χ0) is 27.7. The number of hydrogen-bond acceptors (Lipinski definition) is 6. The summed E-state index contributed by atoms with van der Waals surface area (Å²) in [7, 11) is -3.55. The minimum Gasteiger partial charge on any atom is -0.355 e. The molecule has 1 saturated carbocycles. The van der Waals surface area contributed by atoms with Crippen molar-refractivity contribution < 1.29 is 8.42 Å². The summed E-state index contributed by atoms with van der Waals surface area (Å²) in [6.07, 6.45) is 8.00. The molecule has 0 spiro atoms. The third-order valence-corrected chi connectivity index (χ3v) is 9.54. The van der Waals surface area contributed by atoms with E-state index >= 15 is 0 Å². The molecular weight excluding hydrogens is 569 g/mol. The second-order valence-corrected chi connectivity index (χ2v) is 12.8. The molecule has 0 unspecified atom stereocenters. The van der Waals surface area contributed by atoms with Gasteiger partial charge in [-0.3, -0.25) is 4.57 Å². The molecule has 1 aliphatic heterocycles. The van der Waals surface area contributed by atoms with Gasteiger partial charge in [-0.15, -0.1) is 0 Å². The van der Waals surface area contributed by atoms with Crippen LogP contribution in [0.5, 0.6) is 0 Å². The smallest absolute Gasteiger partial charge is 0.277 e. The lowest BCUT2D eigenvalue weighted by molar-refractivity contribution is 0.402. The Bertz CT molecular complexity index is 1600. The minimum absolute atomic E-state index is 0.0312. The topological polar surface area (TPSA) is 105 Å². The Labute approximate surface area is 244 Å². The summed E-state index contributed by atoms with van der Waals surface area (Å²) in [4.78, 5) is 16.4. The second-order valence-electron chi connectivity index (χ2n) is 10.4. The van der Waals surface area contributed by atoms with Crippen molar-refractivity contribution in [1.29, 1.82) is 0 Å². The van der Waals surface area contributed by atoms with E-state index < -0.39 is 10.2 Å². The van der Waals surface area contributed by atoms with Crippen LogP contribution in [0.2, 0.25) is 10.0 Å². The van der Waals surface area contributed by atoms with Crippen LogP contribution in [-0.4, -0.2) is 53.1 Å². The summed E-state index contributed by atoms with van der Waals surface area (Å²) in [5.74, 6) is 1.37. The summed E-state index contributed by atoms with van der Waals surface area (Å²) < 4.78 is 33.2. The van der Waals surface area contributed by atoms with Gasteiger partial charge in [0.05, 0.1) is 5.02 Å². The van der Waals surface area contributed by atoms with E-state index in [-0.39, 0.29) is 12.1 Å². The molecule has 0 atom stereocenters. The highest BCUT2D eigenvalue weighted by Gasteiger charge is 2.29. The molecule has 1 aliphatic carbocycles. The van der Waals surface area contributed by atoms with Crippen LogP contribution in [0, 0.1) is 0 Å². The number of anilines is 1. The number of benzene rings is 2. The van der Waals surface area contributed by atoms with Crippen molar-refractivity contribution in [2.45, 2.75) is 57.0 Å². The van der Waals surface area contributed by atoms with E-state index in [1.165, 1.54) is 6.42 Å². The highest BCUT2D eigenvalue weighted by molar-refractivity contribution is 7.87. The fourth-order valence-electron chi connectivity index (χ4n) is 5.67. The molecule has 1 saturated heterocycles. The number of piperidine rings is 1. The first-order valence-corrected chi connectivity index (χ1v) is 15.9. The number of aromatic nitrogens is 4. The van der Waals surface area contributed by atoms with Crippen molar-refractivity contribution >= 4 is 50.4 Å². The van der Waals surface area contributed by atoms with Crippen LogP contribution in [0.3, 0.4) is 0 Å². The number of nitrogens with zero attached hydrogens (tertiary/aromatic N) is 5. The average molecular weight is 601 g/mol. The van der Waals surface area contributed by atoms with Crippen LogP contribution in [0.15, 0.2) is 54.9 Å². The maximum absolute atomic E-state index is 12.8. The predicted octanol–water partition coefficient (Wildman–Crippen LogP) is 5.51. The lowest BCUT2D eigenvalue weighted by atomic mass is 9.96. The molecule has 12 heteroatoms. The molecular formula is C28H31Cl2N7O2S. The Hall–Kier alpha value is -2.76. The minimum atomic E-state index is -3.55. The van der Waals surface area contributed by atoms with Gasteiger partial charge in [0.25, 0.3) is 10.2 Å². The Morgan fingerprint density at radius 2 is 1.50 bits per heavy atom. The van der Waals surface area contributed by atoms with E-state index in [2.05, 4.69) is 24.3 Å². The van der Waals surface area contributed by atoms with Crippen LogP contribution >= 0.6 is 23.2 Å². The fraction of sp³-hybridized carbons (Fsp3) is 0.393. The Kier molecular flexibility index (Phi) is 7.96. The molecule has 0 radical (unpaired) electrons. The van der Waals surface area contributed by atoms with Gasteiger partial charge in [-0.25, -0.2) is 15.0 Å². The van der Waals surface area contributed by atoms with Gasteiger partial charge in [-0.05, 0) is 62.1 Å². The molecule has 210 valence electrons. The van der Waals surface area contributed by atoms with E-state index in [9.17, 15) is 8.42 Å². The van der Waals surface area contributed by atoms with Crippen LogP contribution in [0.25, 0.3) is 28.2 Å². The highest BCUT2D eigenvalue weighted by Crippen LogP contribution is 2.35.